The lowest BCUT2D eigenvalue weighted by Gasteiger charge is -2.11. The number of nitrogens with one attached hydrogen (secondary N) is 1. The van der Waals surface area contributed by atoms with Crippen LogP contribution in [-0.2, 0) is 0 Å². The standard InChI is InChI=1S/C15H13N3O2/c1-11-5-4-9-17-14(11)15(19)18-12-6-2-3-7-13(12)20-10-8-16/h2-7,9H,10H2,1H3,(H,18,19). The summed E-state index contributed by atoms with van der Waals surface area (Å²) in [6, 6.07) is 12.4. The van der Waals surface area contributed by atoms with E-state index in [0.29, 0.717) is 17.1 Å². The zero-order chi connectivity index (χ0) is 14.4. The fourth-order valence-electron chi connectivity index (χ4n) is 1.71. The van der Waals surface area contributed by atoms with Gasteiger partial charge in [0.25, 0.3) is 5.91 Å². The Morgan fingerprint density at radius 3 is 2.90 bits per heavy atom. The smallest absolute Gasteiger partial charge is 0.274 e. The highest BCUT2D eigenvalue weighted by Crippen LogP contribution is 2.24. The van der Waals surface area contributed by atoms with Crippen LogP contribution in [0.4, 0.5) is 5.69 Å². The number of nitrogens with zero attached hydrogens (tertiary/aromatic N) is 2. The number of pyridine rings is 1. The van der Waals surface area contributed by atoms with E-state index in [4.69, 9.17) is 10.00 Å². The number of nitriles is 1. The van der Waals surface area contributed by atoms with Crippen molar-refractivity contribution >= 4 is 11.6 Å². The van der Waals surface area contributed by atoms with E-state index < -0.39 is 0 Å². The van der Waals surface area contributed by atoms with E-state index in [0.717, 1.165) is 5.56 Å². The van der Waals surface area contributed by atoms with Gasteiger partial charge in [-0.25, -0.2) is 0 Å². The summed E-state index contributed by atoms with van der Waals surface area (Å²) in [5.41, 5.74) is 1.67. The molecule has 0 aliphatic rings. The molecule has 2 aromatic rings. The van der Waals surface area contributed by atoms with Crippen molar-refractivity contribution in [1.29, 1.82) is 5.26 Å². The largest absolute Gasteiger partial charge is 0.477 e. The maximum Gasteiger partial charge on any atom is 0.274 e. The fraction of sp³-hybridized carbons (Fsp3) is 0.133. The SMILES string of the molecule is Cc1cccnc1C(=O)Nc1ccccc1OCC#N. The third-order valence-electron chi connectivity index (χ3n) is 2.65. The van der Waals surface area contributed by atoms with E-state index in [1.807, 2.05) is 19.1 Å². The van der Waals surface area contributed by atoms with Crippen LogP contribution in [0.1, 0.15) is 16.1 Å². The Bertz CT molecular complexity index is 662. The molecule has 1 amide bonds. The lowest BCUT2D eigenvalue weighted by atomic mass is 10.2. The van der Waals surface area contributed by atoms with Crippen LogP contribution in [0.5, 0.6) is 5.75 Å². The molecule has 1 heterocycles. The second kappa shape index (κ2) is 6.34. The van der Waals surface area contributed by atoms with Gasteiger partial charge in [0.2, 0.25) is 0 Å². The minimum absolute atomic E-state index is 0.0739. The molecule has 0 bridgehead atoms. The molecule has 0 radical (unpaired) electrons. The summed E-state index contributed by atoms with van der Waals surface area (Å²) in [6.45, 7) is 1.75. The van der Waals surface area contributed by atoms with E-state index in [1.165, 1.54) is 0 Å². The number of carbonyl (C=O) groups is 1. The lowest BCUT2D eigenvalue weighted by molar-refractivity contribution is 0.102. The summed E-state index contributed by atoms with van der Waals surface area (Å²) >= 11 is 0. The minimum Gasteiger partial charge on any atom is -0.477 e. The molecule has 2 rings (SSSR count). The zero-order valence-corrected chi connectivity index (χ0v) is 11.0. The van der Waals surface area contributed by atoms with Crippen molar-refractivity contribution in [3.63, 3.8) is 0 Å². The van der Waals surface area contributed by atoms with Gasteiger partial charge in [-0.1, -0.05) is 18.2 Å². The van der Waals surface area contributed by atoms with Gasteiger partial charge in [0.05, 0.1) is 5.69 Å². The van der Waals surface area contributed by atoms with E-state index in [2.05, 4.69) is 10.3 Å². The van der Waals surface area contributed by atoms with Gasteiger partial charge in [0, 0.05) is 6.20 Å². The number of hydrogen-bond donors (Lipinski definition) is 1. The normalized spacial score (nSPS) is 9.60. The number of anilines is 1. The number of rotatable bonds is 4. The van der Waals surface area contributed by atoms with Crippen LogP contribution in [0.25, 0.3) is 0 Å². The van der Waals surface area contributed by atoms with Gasteiger partial charge >= 0.3 is 0 Å². The van der Waals surface area contributed by atoms with Gasteiger partial charge in [-0.2, -0.15) is 5.26 Å². The van der Waals surface area contributed by atoms with Gasteiger partial charge in [-0.05, 0) is 30.7 Å². The molecule has 5 nitrogen and oxygen atoms in total. The maximum absolute atomic E-state index is 12.2. The number of hydrogen-bond acceptors (Lipinski definition) is 4. The van der Waals surface area contributed by atoms with Gasteiger partial charge in [0.1, 0.15) is 17.5 Å². The molecule has 0 aliphatic heterocycles. The molecule has 1 aromatic carbocycles. The molecule has 20 heavy (non-hydrogen) atoms. The number of ether oxygens (including phenoxy) is 1. The highest BCUT2D eigenvalue weighted by molar-refractivity contribution is 6.04. The van der Waals surface area contributed by atoms with Crippen LogP contribution in [0.15, 0.2) is 42.6 Å². The Labute approximate surface area is 116 Å². The van der Waals surface area contributed by atoms with E-state index in [1.54, 1.807) is 36.5 Å². The molecule has 0 saturated heterocycles. The summed E-state index contributed by atoms with van der Waals surface area (Å²) in [7, 11) is 0. The third-order valence-corrected chi connectivity index (χ3v) is 2.65. The lowest BCUT2D eigenvalue weighted by Crippen LogP contribution is -2.15. The minimum atomic E-state index is -0.309. The van der Waals surface area contributed by atoms with E-state index in [9.17, 15) is 4.79 Å². The van der Waals surface area contributed by atoms with Crippen molar-refractivity contribution in [2.24, 2.45) is 0 Å². The van der Waals surface area contributed by atoms with Crippen LogP contribution in [0, 0.1) is 18.3 Å². The first-order valence-corrected chi connectivity index (χ1v) is 6.04. The van der Waals surface area contributed by atoms with Crippen LogP contribution in [-0.4, -0.2) is 17.5 Å². The van der Waals surface area contributed by atoms with Gasteiger partial charge in [0.15, 0.2) is 6.61 Å². The second-order valence-corrected chi connectivity index (χ2v) is 4.07. The summed E-state index contributed by atoms with van der Waals surface area (Å²) in [5, 5.41) is 11.3. The number of carbonyl (C=O) groups excluding carboxylic acids is 1. The van der Waals surface area contributed by atoms with Crippen molar-refractivity contribution in [2.75, 3.05) is 11.9 Å². The Kier molecular flexibility index (Phi) is 4.30. The predicted octanol–water partition coefficient (Wildman–Crippen LogP) is 2.54. The number of aromatic nitrogens is 1. The van der Waals surface area contributed by atoms with Crippen molar-refractivity contribution in [3.8, 4) is 11.8 Å². The van der Waals surface area contributed by atoms with Gasteiger partial charge in [-0.15, -0.1) is 0 Å². The molecule has 100 valence electrons. The number of amides is 1. The van der Waals surface area contributed by atoms with Crippen molar-refractivity contribution < 1.29 is 9.53 Å². The zero-order valence-electron chi connectivity index (χ0n) is 11.0. The molecule has 0 spiro atoms. The monoisotopic (exact) mass is 267 g/mol. The predicted molar refractivity (Wildman–Crippen MR) is 74.5 cm³/mol. The molecular weight excluding hydrogens is 254 g/mol. The molecule has 0 saturated carbocycles. The molecule has 0 aliphatic carbocycles. The van der Waals surface area contributed by atoms with Crippen LogP contribution < -0.4 is 10.1 Å². The number of benzene rings is 1. The molecule has 0 fully saturated rings. The van der Waals surface area contributed by atoms with Crippen LogP contribution in [0.3, 0.4) is 0 Å². The number of aryl methyl sites for hydroxylation is 1. The molecule has 1 aromatic heterocycles. The average molecular weight is 267 g/mol. The quantitative estimate of drug-likeness (QED) is 0.923. The Hall–Kier alpha value is -2.87. The summed E-state index contributed by atoms with van der Waals surface area (Å²) in [5.74, 6) is 0.145. The Morgan fingerprint density at radius 2 is 2.15 bits per heavy atom. The first kappa shape index (κ1) is 13.6. The summed E-state index contributed by atoms with van der Waals surface area (Å²) in [6.07, 6.45) is 1.57. The van der Waals surface area contributed by atoms with Gasteiger partial charge < -0.3 is 10.1 Å². The Balaban J connectivity index is 2.20. The first-order chi connectivity index (χ1) is 9.72. The van der Waals surface area contributed by atoms with E-state index >= 15 is 0 Å². The van der Waals surface area contributed by atoms with Gasteiger partial charge in [-0.3, -0.25) is 9.78 Å². The van der Waals surface area contributed by atoms with Crippen LogP contribution in [0.2, 0.25) is 0 Å². The highest BCUT2D eigenvalue weighted by Gasteiger charge is 2.12. The first-order valence-electron chi connectivity index (χ1n) is 6.04. The average Bonchev–Trinajstić information content (AvgIpc) is 2.46. The molecule has 0 unspecified atom stereocenters. The molecule has 1 N–H and O–H groups in total. The topological polar surface area (TPSA) is 75.0 Å². The maximum atomic E-state index is 12.2. The van der Waals surface area contributed by atoms with Crippen molar-refractivity contribution in [2.45, 2.75) is 6.92 Å². The fourth-order valence-corrected chi connectivity index (χ4v) is 1.71. The molecule has 5 heteroatoms. The summed E-state index contributed by atoms with van der Waals surface area (Å²) in [4.78, 5) is 16.2. The van der Waals surface area contributed by atoms with Crippen molar-refractivity contribution in [3.05, 3.63) is 53.9 Å². The highest BCUT2D eigenvalue weighted by atomic mass is 16.5. The second-order valence-electron chi connectivity index (χ2n) is 4.07. The molecule has 0 atom stereocenters. The number of para-hydroxylation sites is 2. The summed E-state index contributed by atoms with van der Waals surface area (Å²) < 4.78 is 5.26. The van der Waals surface area contributed by atoms with E-state index in [-0.39, 0.29) is 12.5 Å². The molecular formula is C15H13N3O2. The Morgan fingerprint density at radius 1 is 1.35 bits per heavy atom. The van der Waals surface area contributed by atoms with Crippen LogP contribution >= 0.6 is 0 Å². The van der Waals surface area contributed by atoms with Crippen molar-refractivity contribution in [1.82, 2.24) is 4.98 Å². The third kappa shape index (κ3) is 3.12.